The van der Waals surface area contributed by atoms with E-state index in [0.717, 1.165) is 16.1 Å². The first-order chi connectivity index (χ1) is 20.6. The Balaban J connectivity index is 1.29. The summed E-state index contributed by atoms with van der Waals surface area (Å²) in [5.74, 6) is -14.6. The topological polar surface area (TPSA) is 107 Å². The molecule has 1 saturated heterocycles. The molecule has 0 saturated carbocycles. The minimum atomic E-state index is -2.45. The molecule has 3 atom stereocenters. The van der Waals surface area contributed by atoms with Crippen molar-refractivity contribution in [1.29, 1.82) is 0 Å². The summed E-state index contributed by atoms with van der Waals surface area (Å²) in [4.78, 5) is 39.6. The van der Waals surface area contributed by atoms with Crippen molar-refractivity contribution in [2.24, 2.45) is 15.4 Å². The van der Waals surface area contributed by atoms with Crippen molar-refractivity contribution in [1.82, 2.24) is 10.0 Å². The van der Waals surface area contributed by atoms with E-state index in [0.29, 0.717) is 17.9 Å². The number of hydrogen-bond acceptors (Lipinski definition) is 8. The zero-order valence-corrected chi connectivity index (χ0v) is 22.0. The van der Waals surface area contributed by atoms with Crippen LogP contribution in [0.4, 0.5) is 27.6 Å². The number of carbonyl (C=O) groups excluding carboxylic acids is 3. The van der Waals surface area contributed by atoms with Gasteiger partial charge in [0, 0.05) is 6.42 Å². The number of fused-ring (bicyclic) bond motifs is 1. The monoisotopic (exact) mass is 598 g/mol. The first-order valence-electron chi connectivity index (χ1n) is 12.8. The van der Waals surface area contributed by atoms with Gasteiger partial charge < -0.3 is 4.74 Å². The second kappa shape index (κ2) is 10.6. The van der Waals surface area contributed by atoms with E-state index in [2.05, 4.69) is 15.4 Å². The van der Waals surface area contributed by atoms with Crippen molar-refractivity contribution < 1.29 is 41.1 Å². The Morgan fingerprint density at radius 1 is 0.884 bits per heavy atom. The highest BCUT2D eigenvalue weighted by Gasteiger charge is 2.57. The molecular formula is C28H19F5N6O4. The lowest BCUT2D eigenvalue weighted by Crippen LogP contribution is -2.45. The summed E-state index contributed by atoms with van der Waals surface area (Å²) in [6.07, 6.45) is 0.334. The van der Waals surface area contributed by atoms with Crippen molar-refractivity contribution in [2.45, 2.75) is 24.5 Å². The Labute approximate surface area is 239 Å². The average molecular weight is 598 g/mol. The van der Waals surface area contributed by atoms with Crippen molar-refractivity contribution in [3.63, 3.8) is 0 Å². The van der Waals surface area contributed by atoms with Crippen LogP contribution >= 0.6 is 0 Å². The van der Waals surface area contributed by atoms with Crippen LogP contribution in [-0.4, -0.2) is 59.2 Å². The third-order valence-electron chi connectivity index (χ3n) is 7.34. The lowest BCUT2D eigenvalue weighted by Gasteiger charge is -2.25. The number of amides is 3. The molecule has 0 N–H and O–H groups in total. The molecule has 0 aliphatic carbocycles. The minimum absolute atomic E-state index is 0.150. The van der Waals surface area contributed by atoms with Crippen molar-refractivity contribution in [2.75, 3.05) is 18.6 Å². The summed E-state index contributed by atoms with van der Waals surface area (Å²) >= 11 is 0. The van der Waals surface area contributed by atoms with Gasteiger partial charge in [-0.2, -0.15) is 10.2 Å². The first-order valence-corrected chi connectivity index (χ1v) is 12.8. The first kappa shape index (κ1) is 27.9. The van der Waals surface area contributed by atoms with Gasteiger partial charge in [0.05, 0.1) is 18.9 Å². The van der Waals surface area contributed by atoms with Gasteiger partial charge in [0.15, 0.2) is 35.4 Å². The van der Waals surface area contributed by atoms with Gasteiger partial charge in [0.2, 0.25) is 5.82 Å². The molecule has 1 fully saturated rings. The summed E-state index contributed by atoms with van der Waals surface area (Å²) in [6, 6.07) is 12.2. The van der Waals surface area contributed by atoms with Crippen LogP contribution in [0.15, 0.2) is 70.0 Å². The van der Waals surface area contributed by atoms with Gasteiger partial charge in [-0.15, -0.1) is 0 Å². The molecule has 43 heavy (non-hydrogen) atoms. The van der Waals surface area contributed by atoms with Gasteiger partial charge in [-0.3, -0.25) is 19.4 Å². The number of halogens is 5. The van der Waals surface area contributed by atoms with E-state index < -0.39 is 77.2 Å². The molecule has 0 bridgehead atoms. The summed E-state index contributed by atoms with van der Waals surface area (Å²) in [6.45, 7) is -0.646. The molecule has 3 aliphatic rings. The molecular weight excluding hydrogens is 579 g/mol. The van der Waals surface area contributed by atoms with Crippen molar-refractivity contribution in [3.05, 3.63) is 94.8 Å². The predicted molar refractivity (Wildman–Crippen MR) is 138 cm³/mol. The normalized spacial score (nSPS) is 21.1. The van der Waals surface area contributed by atoms with Gasteiger partial charge in [-0.25, -0.2) is 31.9 Å². The van der Waals surface area contributed by atoms with Gasteiger partial charge in [0.25, 0.3) is 17.7 Å². The number of anilines is 1. The lowest BCUT2D eigenvalue weighted by atomic mass is 9.98. The van der Waals surface area contributed by atoms with E-state index in [1.165, 1.54) is 12.1 Å². The van der Waals surface area contributed by atoms with Crippen LogP contribution in [-0.2, 0) is 14.4 Å². The van der Waals surface area contributed by atoms with Crippen molar-refractivity contribution >= 4 is 29.1 Å². The molecule has 0 radical (unpaired) electrons. The smallest absolute Gasteiger partial charge is 0.264 e. The molecule has 3 aromatic carbocycles. The Bertz CT molecular complexity index is 1690. The van der Waals surface area contributed by atoms with Crippen LogP contribution in [0.2, 0.25) is 0 Å². The van der Waals surface area contributed by atoms with Gasteiger partial charge in [0.1, 0.15) is 18.0 Å². The molecule has 3 amide bonds. The fourth-order valence-corrected chi connectivity index (χ4v) is 5.21. The van der Waals surface area contributed by atoms with Crippen molar-refractivity contribution in [3.8, 4) is 5.75 Å². The number of hydrazone groups is 1. The molecule has 3 heterocycles. The summed E-state index contributed by atoms with van der Waals surface area (Å²) in [7, 11) is 1.51. The Morgan fingerprint density at radius 2 is 1.51 bits per heavy atom. The minimum Gasteiger partial charge on any atom is -0.497 e. The van der Waals surface area contributed by atoms with E-state index in [4.69, 9.17) is 4.74 Å². The van der Waals surface area contributed by atoms with E-state index in [-0.39, 0.29) is 4.90 Å². The third kappa shape index (κ3) is 4.47. The predicted octanol–water partition coefficient (Wildman–Crippen LogP) is 4.06. The second-order valence-corrected chi connectivity index (χ2v) is 9.77. The standard InChI is InChI=1S/C28H19F5N6O4/c1-43-15-9-7-14(8-10-15)17-11-16(13-5-3-2-4-6-13)35-39(17)18(40)12-37-26-24(34-36-37)27(41)38(28(26)42)25-22(32)20(30)19(29)21(31)23(25)33/h2-10,17,24,26H,11-12H2,1H3/t17-,24+,26-/m1/s1. The molecule has 15 heteroatoms. The largest absolute Gasteiger partial charge is 0.497 e. The Kier molecular flexibility index (Phi) is 6.86. The number of ether oxygens (including phenoxy) is 1. The Morgan fingerprint density at radius 3 is 2.14 bits per heavy atom. The fourth-order valence-electron chi connectivity index (χ4n) is 5.21. The number of imide groups is 1. The van der Waals surface area contributed by atoms with Crippen LogP contribution in [0.3, 0.4) is 0 Å². The summed E-state index contributed by atoms with van der Waals surface area (Å²) in [5, 5.41) is 14.0. The summed E-state index contributed by atoms with van der Waals surface area (Å²) < 4.78 is 75.5. The molecule has 10 nitrogen and oxygen atoms in total. The zero-order chi connectivity index (χ0) is 30.6. The fraction of sp³-hybridized carbons (Fsp3) is 0.214. The number of methoxy groups -OCH3 is 1. The summed E-state index contributed by atoms with van der Waals surface area (Å²) in [5.41, 5.74) is 0.361. The number of rotatable bonds is 6. The zero-order valence-electron chi connectivity index (χ0n) is 22.0. The highest BCUT2D eigenvalue weighted by atomic mass is 19.2. The van der Waals surface area contributed by atoms with E-state index in [1.54, 1.807) is 24.3 Å². The highest BCUT2D eigenvalue weighted by Crippen LogP contribution is 2.38. The van der Waals surface area contributed by atoms with Gasteiger partial charge >= 0.3 is 0 Å². The van der Waals surface area contributed by atoms with E-state index in [9.17, 15) is 36.3 Å². The third-order valence-corrected chi connectivity index (χ3v) is 7.34. The molecule has 3 aromatic rings. The van der Waals surface area contributed by atoms with Crippen LogP contribution < -0.4 is 9.64 Å². The second-order valence-electron chi connectivity index (χ2n) is 9.77. The van der Waals surface area contributed by atoms with Crippen LogP contribution in [0.5, 0.6) is 5.75 Å². The SMILES string of the molecule is COc1ccc([C@H]2CC(c3ccccc3)=NN2C(=O)CN2N=N[C@@H]3C(=O)N(c4c(F)c(F)c(F)c(F)c4F)C(=O)[C@@H]32)cc1. The van der Waals surface area contributed by atoms with E-state index >= 15 is 0 Å². The lowest BCUT2D eigenvalue weighted by molar-refractivity contribution is -0.135. The van der Waals surface area contributed by atoms with E-state index in [1.807, 2.05) is 30.3 Å². The van der Waals surface area contributed by atoms with Gasteiger partial charge in [-0.05, 0) is 23.3 Å². The number of benzene rings is 3. The number of nitrogens with zero attached hydrogens (tertiary/aromatic N) is 6. The van der Waals surface area contributed by atoms with Crippen LogP contribution in [0, 0.1) is 29.1 Å². The highest BCUT2D eigenvalue weighted by molar-refractivity contribution is 6.25. The van der Waals surface area contributed by atoms with Crippen LogP contribution in [0.25, 0.3) is 0 Å². The quantitative estimate of drug-likeness (QED) is 0.184. The maximum atomic E-state index is 14.5. The molecule has 0 aromatic heterocycles. The Hall–Kier alpha value is -5.21. The number of carbonyl (C=O) groups is 3. The molecule has 3 aliphatic heterocycles. The molecule has 0 spiro atoms. The van der Waals surface area contributed by atoms with Crippen LogP contribution in [0.1, 0.15) is 23.6 Å². The maximum Gasteiger partial charge on any atom is 0.264 e. The average Bonchev–Trinajstić information content (AvgIpc) is 3.72. The number of hydrogen-bond donors (Lipinski definition) is 0. The molecule has 6 rings (SSSR count). The molecule has 0 unspecified atom stereocenters. The molecule has 220 valence electrons. The van der Waals surface area contributed by atoms with Gasteiger partial charge in [-0.1, -0.05) is 47.7 Å². The maximum absolute atomic E-state index is 14.5.